The van der Waals surface area contributed by atoms with Gasteiger partial charge in [-0.05, 0) is 49.7 Å². The summed E-state index contributed by atoms with van der Waals surface area (Å²) in [5.41, 5.74) is 9.16. The Morgan fingerprint density at radius 3 is 2.43 bits per heavy atom. The smallest absolute Gasteiger partial charge is 0.168 e. The first-order chi connectivity index (χ1) is 11.0. The number of anilines is 1. The highest BCUT2D eigenvalue weighted by molar-refractivity contribution is 7.94. The number of fused-ring (bicyclic) bond motifs is 2. The molecule has 1 heterocycles. The second kappa shape index (κ2) is 6.47. The maximum atomic E-state index is 13.0. The lowest BCUT2D eigenvalue weighted by atomic mass is 9.97. The monoisotopic (exact) mass is 345 g/mol. The van der Waals surface area contributed by atoms with E-state index in [4.69, 9.17) is 5.73 Å². The van der Waals surface area contributed by atoms with E-state index in [0.29, 0.717) is 11.6 Å². The highest BCUT2D eigenvalue weighted by Crippen LogP contribution is 2.49. The van der Waals surface area contributed by atoms with Gasteiger partial charge in [-0.15, -0.1) is 0 Å². The Labute approximate surface area is 143 Å². The van der Waals surface area contributed by atoms with Crippen molar-refractivity contribution in [2.45, 2.75) is 55.5 Å². The average Bonchev–Trinajstić information content (AvgIpc) is 2.55. The van der Waals surface area contributed by atoms with Crippen molar-refractivity contribution in [3.63, 3.8) is 0 Å². The molecule has 0 bridgehead atoms. The third-order valence-corrected chi connectivity index (χ3v) is 9.34. The van der Waals surface area contributed by atoms with Gasteiger partial charge in [0.2, 0.25) is 0 Å². The zero-order valence-electron chi connectivity index (χ0n) is 14.2. The van der Waals surface area contributed by atoms with Gasteiger partial charge in [-0.3, -0.25) is 0 Å². The minimum atomic E-state index is -1.12. The molecule has 2 N–H and O–H groups in total. The molecule has 3 atom stereocenters. The van der Waals surface area contributed by atoms with Crippen LogP contribution in [0, 0.1) is 0 Å². The van der Waals surface area contributed by atoms with Crippen LogP contribution in [0.2, 0.25) is 0 Å². The van der Waals surface area contributed by atoms with E-state index >= 15 is 0 Å². The molecule has 0 saturated heterocycles. The van der Waals surface area contributed by atoms with Crippen molar-refractivity contribution in [2.24, 2.45) is 0 Å². The molecule has 0 aliphatic carbocycles. The number of hydrogen-bond donors (Lipinski definition) is 1. The number of hydrogen-bond acceptors (Lipinski definition) is 2. The van der Waals surface area contributed by atoms with Crippen LogP contribution in [0.4, 0.5) is 5.69 Å². The van der Waals surface area contributed by atoms with Crippen LogP contribution < -0.4 is 16.3 Å². The molecule has 3 unspecified atom stereocenters. The number of nitrogen functional groups attached to an aromatic ring is 1. The van der Waals surface area contributed by atoms with E-state index in [1.807, 2.05) is 18.2 Å². The molecule has 0 amide bonds. The summed E-state index contributed by atoms with van der Waals surface area (Å²) in [4.78, 5) is 1.89. The highest BCUT2D eigenvalue weighted by Gasteiger charge is 2.38. The molecule has 3 rings (SSSR count). The molecule has 0 fully saturated rings. The number of nitrogens with two attached hydrogens (primary N) is 1. The van der Waals surface area contributed by atoms with Crippen LogP contribution in [0.1, 0.15) is 45.6 Å². The van der Waals surface area contributed by atoms with Crippen LogP contribution in [-0.4, -0.2) is 10.2 Å². The third kappa shape index (κ3) is 2.69. The molecule has 0 saturated carbocycles. The minimum absolute atomic E-state index is 0.426. The minimum Gasteiger partial charge on any atom is -0.606 e. The van der Waals surface area contributed by atoms with Crippen LogP contribution in [0.3, 0.4) is 0 Å². The van der Waals surface area contributed by atoms with Crippen molar-refractivity contribution in [1.82, 2.24) is 0 Å². The van der Waals surface area contributed by atoms with Gasteiger partial charge in [-0.2, -0.15) is 0 Å². The van der Waals surface area contributed by atoms with Crippen molar-refractivity contribution in [2.75, 3.05) is 5.73 Å². The third-order valence-electron chi connectivity index (χ3n) is 4.64. The molecular weight excluding hydrogens is 321 g/mol. The Bertz CT molecular complexity index is 731. The molecule has 2 aromatic carbocycles. The first-order valence-corrected chi connectivity index (χ1v) is 10.8. The largest absolute Gasteiger partial charge is 0.606 e. The maximum Gasteiger partial charge on any atom is 0.168 e. The van der Waals surface area contributed by atoms with Crippen molar-refractivity contribution in [3.8, 4) is 0 Å². The molecule has 4 heteroatoms. The van der Waals surface area contributed by atoms with Gasteiger partial charge in [0.1, 0.15) is 0 Å². The van der Waals surface area contributed by atoms with Crippen molar-refractivity contribution in [1.29, 1.82) is 0 Å². The molecule has 0 radical (unpaired) electrons. The predicted octanol–water partition coefficient (Wildman–Crippen LogP) is 4.10. The number of rotatable bonds is 3. The summed E-state index contributed by atoms with van der Waals surface area (Å²) in [5, 5.41) is 2.39. The van der Waals surface area contributed by atoms with E-state index in [1.54, 1.807) is 0 Å². The zero-order valence-corrected chi connectivity index (χ0v) is 15.9. The SMILES string of the molecule is CCC(C)c1ccc2c(c1N)P(C(C)C)c1ccccc1[S+]2[O-]. The molecule has 0 spiro atoms. The van der Waals surface area contributed by atoms with Gasteiger partial charge in [0.25, 0.3) is 0 Å². The number of benzene rings is 2. The van der Waals surface area contributed by atoms with E-state index in [1.165, 1.54) is 10.9 Å². The average molecular weight is 345 g/mol. The maximum absolute atomic E-state index is 13.0. The molecule has 2 nitrogen and oxygen atoms in total. The van der Waals surface area contributed by atoms with Gasteiger partial charge in [0, 0.05) is 22.2 Å². The summed E-state index contributed by atoms with van der Waals surface area (Å²) < 4.78 is 13.0. The molecule has 1 aliphatic heterocycles. The molecule has 122 valence electrons. The van der Waals surface area contributed by atoms with Gasteiger partial charge < -0.3 is 10.3 Å². The fourth-order valence-electron chi connectivity index (χ4n) is 3.24. The van der Waals surface area contributed by atoms with Crippen LogP contribution in [0.15, 0.2) is 46.2 Å². The van der Waals surface area contributed by atoms with E-state index in [2.05, 4.69) is 45.9 Å². The summed E-state index contributed by atoms with van der Waals surface area (Å²) in [5.74, 6) is 0.426. The summed E-state index contributed by atoms with van der Waals surface area (Å²) >= 11 is -1.12. The Morgan fingerprint density at radius 2 is 1.78 bits per heavy atom. The van der Waals surface area contributed by atoms with Crippen LogP contribution in [0.25, 0.3) is 0 Å². The fourth-order valence-corrected chi connectivity index (χ4v) is 8.07. The molecule has 1 aliphatic rings. The molecule has 2 aromatic rings. The first-order valence-electron chi connectivity index (χ1n) is 8.19. The molecule has 0 aromatic heterocycles. The Morgan fingerprint density at radius 1 is 1.09 bits per heavy atom. The van der Waals surface area contributed by atoms with Gasteiger partial charge in [0.15, 0.2) is 9.79 Å². The Kier molecular flexibility index (Phi) is 4.73. The summed E-state index contributed by atoms with van der Waals surface area (Å²) in [6, 6.07) is 12.3. The van der Waals surface area contributed by atoms with Crippen LogP contribution in [0.5, 0.6) is 0 Å². The first kappa shape index (κ1) is 16.8. The Hall–Kier alpha value is -1.02. The van der Waals surface area contributed by atoms with Crippen LogP contribution in [-0.2, 0) is 11.2 Å². The standard InChI is InChI=1S/C19H24NOPS/c1-5-13(4)14-10-11-17-19(18(14)20)22(12(2)3)15-8-6-7-9-16(15)23(17)21/h6-13H,5,20H2,1-4H3. The lowest BCUT2D eigenvalue weighted by Gasteiger charge is -2.33. The van der Waals surface area contributed by atoms with Gasteiger partial charge >= 0.3 is 0 Å². The van der Waals surface area contributed by atoms with Crippen molar-refractivity contribution >= 4 is 35.4 Å². The summed E-state index contributed by atoms with van der Waals surface area (Å²) in [6.07, 6.45) is 1.06. The van der Waals surface area contributed by atoms with Gasteiger partial charge in [0.05, 0.1) is 5.30 Å². The summed E-state index contributed by atoms with van der Waals surface area (Å²) in [7, 11) is -0.574. The summed E-state index contributed by atoms with van der Waals surface area (Å²) in [6.45, 7) is 8.89. The molecular formula is C19H24NOPS. The van der Waals surface area contributed by atoms with Crippen LogP contribution >= 0.6 is 7.92 Å². The normalized spacial score (nSPS) is 21.0. The van der Waals surface area contributed by atoms with Gasteiger partial charge in [-0.1, -0.05) is 45.9 Å². The zero-order chi connectivity index (χ0) is 16.7. The Balaban J connectivity index is 2.27. The van der Waals surface area contributed by atoms with Crippen molar-refractivity contribution < 1.29 is 4.55 Å². The van der Waals surface area contributed by atoms with E-state index in [-0.39, 0.29) is 0 Å². The van der Waals surface area contributed by atoms with E-state index < -0.39 is 19.1 Å². The lowest BCUT2D eigenvalue weighted by Crippen LogP contribution is -2.34. The quantitative estimate of drug-likeness (QED) is 0.517. The predicted molar refractivity (Wildman–Crippen MR) is 102 cm³/mol. The van der Waals surface area contributed by atoms with E-state index in [9.17, 15) is 4.55 Å². The second-order valence-electron chi connectivity index (χ2n) is 6.42. The topological polar surface area (TPSA) is 49.1 Å². The lowest BCUT2D eigenvalue weighted by molar-refractivity contribution is 0.596. The fraction of sp³-hybridized carbons (Fsp3) is 0.368. The highest BCUT2D eigenvalue weighted by atomic mass is 32.2. The molecule has 23 heavy (non-hydrogen) atoms. The van der Waals surface area contributed by atoms with E-state index in [0.717, 1.165) is 27.2 Å². The van der Waals surface area contributed by atoms with Gasteiger partial charge in [-0.25, -0.2) is 0 Å². The second-order valence-corrected chi connectivity index (χ2v) is 10.5. The van der Waals surface area contributed by atoms with Crippen molar-refractivity contribution in [3.05, 3.63) is 42.0 Å².